The van der Waals surface area contributed by atoms with Gasteiger partial charge in [-0.2, -0.15) is 5.10 Å². The Labute approximate surface area is 164 Å². The number of aryl methyl sites for hydroxylation is 1. The average molecular weight is 389 g/mol. The van der Waals surface area contributed by atoms with Crippen molar-refractivity contribution < 1.29 is 4.79 Å². The molecule has 0 spiro atoms. The number of piperazine rings is 1. The number of nitrogens with one attached hydrogen (secondary N) is 1. The number of carbonyl (C=O) groups excluding carboxylic acids is 1. The molecule has 1 unspecified atom stereocenters. The van der Waals surface area contributed by atoms with Crippen LogP contribution in [0.15, 0.2) is 41.2 Å². The summed E-state index contributed by atoms with van der Waals surface area (Å²) in [6.45, 7) is 3.63. The van der Waals surface area contributed by atoms with E-state index in [1.807, 2.05) is 23.1 Å². The van der Waals surface area contributed by atoms with Crippen LogP contribution in [-0.4, -0.2) is 35.3 Å². The highest BCUT2D eigenvalue weighted by Crippen LogP contribution is 2.20. The molecule has 2 aromatic rings. The van der Waals surface area contributed by atoms with Crippen molar-refractivity contribution in [3.05, 3.63) is 57.3 Å². The van der Waals surface area contributed by atoms with Crippen LogP contribution < -0.4 is 15.8 Å². The van der Waals surface area contributed by atoms with Gasteiger partial charge >= 0.3 is 0 Å². The Morgan fingerprint density at radius 1 is 1.26 bits per heavy atom. The van der Waals surface area contributed by atoms with Gasteiger partial charge in [0.25, 0.3) is 5.56 Å². The molecule has 1 saturated heterocycles. The maximum absolute atomic E-state index is 12.4. The highest BCUT2D eigenvalue weighted by atomic mass is 35.5. The zero-order valence-electron chi connectivity index (χ0n) is 15.5. The van der Waals surface area contributed by atoms with E-state index in [1.165, 1.54) is 5.56 Å². The predicted molar refractivity (Wildman–Crippen MR) is 107 cm³/mol. The zero-order chi connectivity index (χ0) is 19.2. The van der Waals surface area contributed by atoms with E-state index in [-0.39, 0.29) is 24.1 Å². The Balaban J connectivity index is 1.69. The number of rotatable bonds is 7. The number of amides is 1. The molecule has 0 aliphatic carbocycles. The van der Waals surface area contributed by atoms with Crippen molar-refractivity contribution in [2.45, 2.75) is 38.6 Å². The van der Waals surface area contributed by atoms with Crippen LogP contribution in [0.4, 0.5) is 5.82 Å². The molecule has 1 N–H and O–H groups in total. The Morgan fingerprint density at radius 2 is 2.11 bits per heavy atom. The number of aromatic nitrogens is 2. The predicted octanol–water partition coefficient (Wildman–Crippen LogP) is 2.81. The molecule has 0 bridgehead atoms. The third kappa shape index (κ3) is 5.10. The zero-order valence-corrected chi connectivity index (χ0v) is 16.3. The second kappa shape index (κ2) is 9.04. The average Bonchev–Trinajstić information content (AvgIpc) is 2.66. The van der Waals surface area contributed by atoms with Crippen molar-refractivity contribution in [1.29, 1.82) is 0 Å². The lowest BCUT2D eigenvalue weighted by atomic mass is 10.0. The van der Waals surface area contributed by atoms with E-state index in [1.54, 1.807) is 16.8 Å². The number of hydrogen-bond donors (Lipinski definition) is 1. The first-order valence-electron chi connectivity index (χ1n) is 9.43. The second-order valence-corrected chi connectivity index (χ2v) is 7.27. The SMILES string of the molecule is CCC(CCCc1cccc(Cl)c1)n1nc(N2CCNC(=O)C2)ccc1=O. The first-order valence-corrected chi connectivity index (χ1v) is 9.80. The van der Waals surface area contributed by atoms with Crippen LogP contribution >= 0.6 is 11.6 Å². The molecule has 1 aromatic heterocycles. The number of carbonyl (C=O) groups is 1. The van der Waals surface area contributed by atoms with Gasteiger partial charge in [0.05, 0.1) is 12.6 Å². The van der Waals surface area contributed by atoms with E-state index in [0.717, 1.165) is 30.7 Å². The summed E-state index contributed by atoms with van der Waals surface area (Å²) in [6.07, 6.45) is 3.55. The molecule has 1 aromatic carbocycles. The lowest BCUT2D eigenvalue weighted by Crippen LogP contribution is -2.48. The topological polar surface area (TPSA) is 67.2 Å². The third-order valence-electron chi connectivity index (χ3n) is 4.88. The normalized spacial score (nSPS) is 15.5. The number of hydrogen-bond acceptors (Lipinski definition) is 4. The molecule has 144 valence electrons. The Kier molecular flexibility index (Phi) is 6.50. The molecule has 1 amide bonds. The summed E-state index contributed by atoms with van der Waals surface area (Å²) < 4.78 is 1.58. The van der Waals surface area contributed by atoms with Gasteiger partial charge in [-0.1, -0.05) is 30.7 Å². The van der Waals surface area contributed by atoms with Crippen LogP contribution in [0.3, 0.4) is 0 Å². The lowest BCUT2D eigenvalue weighted by molar-refractivity contribution is -0.120. The summed E-state index contributed by atoms with van der Waals surface area (Å²) in [4.78, 5) is 25.9. The smallest absolute Gasteiger partial charge is 0.267 e. The summed E-state index contributed by atoms with van der Waals surface area (Å²) >= 11 is 6.04. The van der Waals surface area contributed by atoms with Crippen molar-refractivity contribution in [1.82, 2.24) is 15.1 Å². The fourth-order valence-electron chi connectivity index (χ4n) is 3.41. The molecule has 6 nitrogen and oxygen atoms in total. The minimum atomic E-state index is -0.102. The summed E-state index contributed by atoms with van der Waals surface area (Å²) in [6, 6.07) is 11.2. The van der Waals surface area contributed by atoms with Crippen molar-refractivity contribution in [3.8, 4) is 0 Å². The van der Waals surface area contributed by atoms with Gasteiger partial charge in [-0.25, -0.2) is 4.68 Å². The summed E-state index contributed by atoms with van der Waals surface area (Å²) in [5, 5.41) is 8.12. The molecule has 1 fully saturated rings. The standard InChI is InChI=1S/C20H25ClN4O2/c1-2-17(8-4-6-15-5-3-7-16(21)13-15)25-20(27)10-9-18(23-25)24-12-11-22-19(26)14-24/h3,5,7,9-10,13,17H,2,4,6,8,11-12,14H2,1H3,(H,22,26). The molecular weight excluding hydrogens is 364 g/mol. The third-order valence-corrected chi connectivity index (χ3v) is 5.12. The Hall–Kier alpha value is -2.34. The largest absolute Gasteiger partial charge is 0.353 e. The highest BCUT2D eigenvalue weighted by molar-refractivity contribution is 6.30. The van der Waals surface area contributed by atoms with Gasteiger partial charge in [0, 0.05) is 24.2 Å². The van der Waals surface area contributed by atoms with Gasteiger partial charge in [0.1, 0.15) is 5.82 Å². The summed E-state index contributed by atoms with van der Waals surface area (Å²) in [5.74, 6) is 0.659. The van der Waals surface area contributed by atoms with Crippen molar-refractivity contribution in [2.24, 2.45) is 0 Å². The maximum Gasteiger partial charge on any atom is 0.267 e. The number of nitrogens with zero attached hydrogens (tertiary/aromatic N) is 3. The van der Waals surface area contributed by atoms with E-state index in [4.69, 9.17) is 11.6 Å². The van der Waals surface area contributed by atoms with Gasteiger partial charge in [-0.05, 0) is 49.4 Å². The van der Waals surface area contributed by atoms with E-state index in [2.05, 4.69) is 23.4 Å². The lowest BCUT2D eigenvalue weighted by Gasteiger charge is -2.28. The number of benzene rings is 1. The van der Waals surface area contributed by atoms with E-state index < -0.39 is 0 Å². The molecule has 1 atom stereocenters. The number of anilines is 1. The van der Waals surface area contributed by atoms with E-state index in [9.17, 15) is 9.59 Å². The molecule has 7 heteroatoms. The maximum atomic E-state index is 12.4. The molecular formula is C20H25ClN4O2. The Bertz CT molecular complexity index is 852. The highest BCUT2D eigenvalue weighted by Gasteiger charge is 2.19. The van der Waals surface area contributed by atoms with Gasteiger partial charge in [0.15, 0.2) is 0 Å². The fourth-order valence-corrected chi connectivity index (χ4v) is 3.63. The minimum Gasteiger partial charge on any atom is -0.353 e. The molecule has 2 heterocycles. The minimum absolute atomic E-state index is 0.0191. The van der Waals surface area contributed by atoms with Crippen LogP contribution in [0.25, 0.3) is 0 Å². The second-order valence-electron chi connectivity index (χ2n) is 6.83. The summed E-state index contributed by atoms with van der Waals surface area (Å²) in [5.41, 5.74) is 1.10. The molecule has 1 aliphatic rings. The summed E-state index contributed by atoms with van der Waals surface area (Å²) in [7, 11) is 0. The van der Waals surface area contributed by atoms with Crippen LogP contribution in [0, 0.1) is 0 Å². The van der Waals surface area contributed by atoms with Crippen LogP contribution in [0.1, 0.15) is 37.8 Å². The van der Waals surface area contributed by atoms with Gasteiger partial charge < -0.3 is 10.2 Å². The van der Waals surface area contributed by atoms with E-state index in [0.29, 0.717) is 18.9 Å². The van der Waals surface area contributed by atoms with Gasteiger partial charge in [-0.3, -0.25) is 9.59 Å². The molecule has 3 rings (SSSR count). The monoisotopic (exact) mass is 388 g/mol. The first kappa shape index (κ1) is 19.4. The van der Waals surface area contributed by atoms with Crippen LogP contribution in [0.5, 0.6) is 0 Å². The quantitative estimate of drug-likeness (QED) is 0.792. The Morgan fingerprint density at radius 3 is 2.85 bits per heavy atom. The van der Waals surface area contributed by atoms with Crippen molar-refractivity contribution >= 4 is 23.3 Å². The van der Waals surface area contributed by atoms with E-state index >= 15 is 0 Å². The molecule has 1 aliphatic heterocycles. The molecule has 0 radical (unpaired) electrons. The first-order chi connectivity index (χ1) is 13.1. The van der Waals surface area contributed by atoms with Crippen LogP contribution in [-0.2, 0) is 11.2 Å². The van der Waals surface area contributed by atoms with Crippen molar-refractivity contribution in [3.63, 3.8) is 0 Å². The number of halogens is 1. The molecule has 27 heavy (non-hydrogen) atoms. The van der Waals surface area contributed by atoms with Gasteiger partial charge in [0.2, 0.25) is 5.91 Å². The van der Waals surface area contributed by atoms with Crippen molar-refractivity contribution in [2.75, 3.05) is 24.5 Å². The van der Waals surface area contributed by atoms with Crippen LogP contribution in [0.2, 0.25) is 5.02 Å². The molecule has 0 saturated carbocycles. The fraction of sp³-hybridized carbons (Fsp3) is 0.450. The van der Waals surface area contributed by atoms with Gasteiger partial charge in [-0.15, -0.1) is 0 Å².